The van der Waals surface area contributed by atoms with Crippen molar-refractivity contribution >= 4 is 12.7 Å². The molecule has 0 aliphatic rings. The van der Waals surface area contributed by atoms with Crippen LogP contribution in [0.15, 0.2) is 0 Å². The Morgan fingerprint density at radius 2 is 2.38 bits per heavy atom. The largest absolute Gasteiger partial charge is 0.464 e. The topological polar surface area (TPSA) is 29.3 Å². The van der Waals surface area contributed by atoms with Crippen LogP contribution in [0.2, 0.25) is 0 Å². The molecule has 0 radical (unpaired) electrons. The molecule has 0 saturated carbocycles. The van der Waals surface area contributed by atoms with Crippen LogP contribution >= 0.6 is 0 Å². The summed E-state index contributed by atoms with van der Waals surface area (Å²) >= 11 is 0. The van der Waals surface area contributed by atoms with E-state index in [9.17, 15) is 4.79 Å². The summed E-state index contributed by atoms with van der Waals surface area (Å²) in [4.78, 5) is 10.3. The first-order chi connectivity index (χ1) is 3.66. The van der Waals surface area contributed by atoms with E-state index in [-0.39, 0.29) is 12.5 Å². The van der Waals surface area contributed by atoms with Crippen molar-refractivity contribution in [2.45, 2.75) is 0 Å². The predicted octanol–water partition coefficient (Wildman–Crippen LogP) is -0.498. The Kier molecular flexibility index (Phi) is 2.84. The van der Waals surface area contributed by atoms with Crippen molar-refractivity contribution in [2.75, 3.05) is 20.7 Å². The Morgan fingerprint density at radius 1 is 1.88 bits per heavy atom. The highest BCUT2D eigenvalue weighted by Gasteiger charge is 2.02. The lowest BCUT2D eigenvalue weighted by atomic mass is 10.6. The maximum atomic E-state index is 10.3. The maximum Gasteiger partial charge on any atom is 0.371 e. The van der Waals surface area contributed by atoms with Gasteiger partial charge >= 0.3 is 5.97 Å². The molecule has 8 heavy (non-hydrogen) atoms. The normalized spacial score (nSPS) is 8.25. The number of hydrogen-bond acceptors (Lipinski definition) is 2. The molecule has 0 bridgehead atoms. The molecule has 46 valence electrons. The molecule has 0 aromatic heterocycles. The molecule has 0 spiro atoms. The molecular weight excluding hydrogens is 106 g/mol. The Hall–Kier alpha value is -0.860. The molecule has 3 heteroatoms. The second-order valence-electron chi connectivity index (χ2n) is 1.59. The second-order valence-corrected chi connectivity index (χ2v) is 1.59. The van der Waals surface area contributed by atoms with E-state index < -0.39 is 0 Å². The number of hydrogen-bond donors (Lipinski definition) is 0. The van der Waals surface area contributed by atoms with E-state index in [1.807, 2.05) is 0 Å². The van der Waals surface area contributed by atoms with Crippen molar-refractivity contribution in [3.05, 3.63) is 0 Å². The SMILES string of the molecule is C=[N+](C)CC(=O)OC. The van der Waals surface area contributed by atoms with Crippen molar-refractivity contribution in [1.82, 2.24) is 0 Å². The molecule has 0 amide bonds. The first-order valence-corrected chi connectivity index (χ1v) is 2.25. The molecule has 0 saturated heterocycles. The number of methoxy groups -OCH3 is 1. The van der Waals surface area contributed by atoms with Crippen molar-refractivity contribution in [1.29, 1.82) is 0 Å². The highest BCUT2D eigenvalue weighted by Crippen LogP contribution is 1.70. The molecule has 3 nitrogen and oxygen atoms in total. The van der Waals surface area contributed by atoms with Crippen molar-refractivity contribution in [3.63, 3.8) is 0 Å². The fraction of sp³-hybridized carbons (Fsp3) is 0.600. The van der Waals surface area contributed by atoms with E-state index in [1.165, 1.54) is 11.7 Å². The Bertz CT molecular complexity index is 109. The fourth-order valence-corrected chi connectivity index (χ4v) is 0.285. The molecule has 0 aromatic carbocycles. The third-order valence-electron chi connectivity index (χ3n) is 0.627. The van der Waals surface area contributed by atoms with Gasteiger partial charge in [-0.3, -0.25) is 0 Å². The Morgan fingerprint density at radius 3 is 2.50 bits per heavy atom. The van der Waals surface area contributed by atoms with Crippen LogP contribution in [0, 0.1) is 0 Å². The van der Waals surface area contributed by atoms with E-state index in [1.54, 1.807) is 7.05 Å². The van der Waals surface area contributed by atoms with Crippen LogP contribution in [-0.2, 0) is 9.53 Å². The molecule has 0 fully saturated rings. The van der Waals surface area contributed by atoms with Crippen LogP contribution in [0.1, 0.15) is 0 Å². The lowest BCUT2D eigenvalue weighted by molar-refractivity contribution is -0.478. The van der Waals surface area contributed by atoms with Gasteiger partial charge in [-0.15, -0.1) is 0 Å². The van der Waals surface area contributed by atoms with Crippen molar-refractivity contribution < 1.29 is 14.1 Å². The molecule has 0 heterocycles. The summed E-state index contributed by atoms with van der Waals surface area (Å²) in [6, 6.07) is 0. The number of carbonyl (C=O) groups is 1. The molecule has 0 aliphatic carbocycles. The third kappa shape index (κ3) is 3.33. The van der Waals surface area contributed by atoms with Gasteiger partial charge in [-0.05, 0) is 0 Å². The van der Waals surface area contributed by atoms with Gasteiger partial charge in [0.1, 0.15) is 13.8 Å². The van der Waals surface area contributed by atoms with Crippen LogP contribution in [0.3, 0.4) is 0 Å². The maximum absolute atomic E-state index is 10.3. The first kappa shape index (κ1) is 7.14. The number of esters is 1. The summed E-state index contributed by atoms with van der Waals surface area (Å²) in [5.41, 5.74) is 0. The zero-order valence-electron chi connectivity index (χ0n) is 5.18. The highest BCUT2D eigenvalue weighted by atomic mass is 16.5. The standard InChI is InChI=1S/C5H10NO2/c1-6(2)4-5(7)8-3/h1,4H2,2-3H3/q+1. The summed E-state index contributed by atoms with van der Waals surface area (Å²) < 4.78 is 5.85. The Labute approximate surface area is 48.6 Å². The van der Waals surface area contributed by atoms with Gasteiger partial charge in [-0.25, -0.2) is 9.37 Å². The average molecular weight is 116 g/mol. The zero-order valence-corrected chi connectivity index (χ0v) is 5.18. The molecule has 0 rings (SSSR count). The molecule has 0 aliphatic heterocycles. The number of rotatable bonds is 2. The van der Waals surface area contributed by atoms with Crippen molar-refractivity contribution in [2.24, 2.45) is 0 Å². The van der Waals surface area contributed by atoms with Gasteiger partial charge in [0.25, 0.3) is 0 Å². The second kappa shape index (κ2) is 3.18. The summed E-state index contributed by atoms with van der Waals surface area (Å²) in [5.74, 6) is -0.262. The fourth-order valence-electron chi connectivity index (χ4n) is 0.285. The quantitative estimate of drug-likeness (QED) is 0.276. The van der Waals surface area contributed by atoms with Crippen LogP contribution in [-0.4, -0.2) is 38.0 Å². The number of ether oxygens (including phenoxy) is 1. The smallest absolute Gasteiger partial charge is 0.371 e. The van der Waals surface area contributed by atoms with Crippen LogP contribution in [0.5, 0.6) is 0 Å². The van der Waals surface area contributed by atoms with Crippen LogP contribution in [0.25, 0.3) is 0 Å². The minimum atomic E-state index is -0.262. The van der Waals surface area contributed by atoms with E-state index >= 15 is 0 Å². The summed E-state index contributed by atoms with van der Waals surface area (Å²) in [5, 5.41) is 0. The minimum Gasteiger partial charge on any atom is -0.464 e. The zero-order chi connectivity index (χ0) is 6.57. The van der Waals surface area contributed by atoms with Gasteiger partial charge in [0.2, 0.25) is 6.54 Å². The van der Waals surface area contributed by atoms with Gasteiger partial charge in [0.15, 0.2) is 0 Å². The van der Waals surface area contributed by atoms with Crippen molar-refractivity contribution in [3.8, 4) is 0 Å². The predicted molar refractivity (Wildman–Crippen MR) is 30.2 cm³/mol. The van der Waals surface area contributed by atoms with Gasteiger partial charge in [-0.1, -0.05) is 0 Å². The van der Waals surface area contributed by atoms with Crippen LogP contribution in [0.4, 0.5) is 0 Å². The Balaban J connectivity index is 3.40. The van der Waals surface area contributed by atoms with Crippen LogP contribution < -0.4 is 0 Å². The highest BCUT2D eigenvalue weighted by molar-refractivity contribution is 5.70. The van der Waals surface area contributed by atoms with E-state index in [0.29, 0.717) is 0 Å². The summed E-state index contributed by atoms with van der Waals surface area (Å²) in [6.07, 6.45) is 0. The number of likely N-dealkylation sites (N-methyl/N-ethyl adjacent to an activating group) is 1. The monoisotopic (exact) mass is 116 g/mol. The molecule has 0 unspecified atom stereocenters. The molecule has 0 N–H and O–H groups in total. The summed E-state index contributed by atoms with van der Waals surface area (Å²) in [7, 11) is 3.06. The van der Waals surface area contributed by atoms with Gasteiger partial charge in [-0.2, -0.15) is 0 Å². The lowest BCUT2D eigenvalue weighted by Gasteiger charge is -1.91. The molecule has 0 aromatic rings. The molecular formula is C5H10NO2+. The van der Waals surface area contributed by atoms with Gasteiger partial charge < -0.3 is 4.74 Å². The summed E-state index contributed by atoms with van der Waals surface area (Å²) in [6.45, 7) is 3.71. The van der Waals surface area contributed by atoms with E-state index in [0.717, 1.165) is 0 Å². The molecule has 0 atom stereocenters. The number of carbonyl (C=O) groups excluding carboxylic acids is 1. The van der Waals surface area contributed by atoms with E-state index in [2.05, 4.69) is 11.5 Å². The average Bonchev–Trinajstić information content (AvgIpc) is 1.65. The lowest BCUT2D eigenvalue weighted by Crippen LogP contribution is -2.16. The van der Waals surface area contributed by atoms with Gasteiger partial charge in [0.05, 0.1) is 7.11 Å². The third-order valence-corrected chi connectivity index (χ3v) is 0.627. The minimum absolute atomic E-state index is 0.247. The van der Waals surface area contributed by atoms with E-state index in [4.69, 9.17) is 0 Å². The first-order valence-electron chi connectivity index (χ1n) is 2.25. The number of nitrogens with zero attached hydrogens (tertiary/aromatic N) is 1. The van der Waals surface area contributed by atoms with Gasteiger partial charge in [0, 0.05) is 0 Å².